The minimum Gasteiger partial charge on any atom is -0.494 e. The second-order valence-electron chi connectivity index (χ2n) is 2.37. The maximum Gasteiger partial charge on any atom is 0.196 e. The predicted octanol–water partition coefficient (Wildman–Crippen LogP) is 2.01. The number of aromatic hydroxyl groups is 1. The third-order valence-electron chi connectivity index (χ3n) is 1.63. The molecule has 2 aromatic rings. The quantitative estimate of drug-likeness (QED) is 0.593. The topological polar surface area (TPSA) is 36.0 Å². The van der Waals surface area contributed by atoms with Crippen molar-refractivity contribution in [1.29, 1.82) is 0 Å². The van der Waals surface area contributed by atoms with Gasteiger partial charge in [0.25, 0.3) is 0 Å². The van der Waals surface area contributed by atoms with Crippen LogP contribution in [-0.2, 0) is 0 Å². The zero-order valence-electron chi connectivity index (χ0n) is 5.63. The van der Waals surface area contributed by atoms with Gasteiger partial charge >= 0.3 is 0 Å². The first-order valence-electron chi connectivity index (χ1n) is 3.23. The van der Waals surface area contributed by atoms with E-state index in [0.29, 0.717) is 5.39 Å². The number of aromatic amines is 1. The maximum atomic E-state index is 12.6. The molecule has 11 heavy (non-hydrogen) atoms. The van der Waals surface area contributed by atoms with E-state index < -0.39 is 0 Å². The summed E-state index contributed by atoms with van der Waals surface area (Å²) in [6.45, 7) is 0. The minimum atomic E-state index is -0.340. The van der Waals surface area contributed by atoms with Gasteiger partial charge < -0.3 is 10.1 Å². The summed E-state index contributed by atoms with van der Waals surface area (Å²) in [6.07, 6.45) is 1.63. The fourth-order valence-electron chi connectivity index (χ4n) is 1.08. The molecule has 0 unspecified atom stereocenters. The van der Waals surface area contributed by atoms with Crippen LogP contribution in [0.4, 0.5) is 4.39 Å². The van der Waals surface area contributed by atoms with Gasteiger partial charge in [-0.3, -0.25) is 0 Å². The van der Waals surface area contributed by atoms with Crippen molar-refractivity contribution < 1.29 is 9.50 Å². The standard InChI is InChI=1S/C8H6FNO/c9-6-2-1-5-4-10-8(11)7(5)3-6/h1-4,10-11H. The van der Waals surface area contributed by atoms with E-state index in [-0.39, 0.29) is 11.7 Å². The number of benzene rings is 1. The molecule has 0 bridgehead atoms. The molecule has 1 aromatic carbocycles. The molecule has 3 heteroatoms. The van der Waals surface area contributed by atoms with Gasteiger partial charge in [0.15, 0.2) is 5.88 Å². The summed E-state index contributed by atoms with van der Waals surface area (Å²) in [6, 6.07) is 4.26. The van der Waals surface area contributed by atoms with E-state index in [9.17, 15) is 4.39 Å². The lowest BCUT2D eigenvalue weighted by Gasteiger charge is -1.89. The number of hydrogen-bond acceptors (Lipinski definition) is 1. The van der Waals surface area contributed by atoms with Crippen LogP contribution in [0.15, 0.2) is 24.4 Å². The smallest absolute Gasteiger partial charge is 0.196 e. The van der Waals surface area contributed by atoms with Crippen LogP contribution in [0, 0.1) is 5.82 Å². The number of nitrogens with one attached hydrogen (secondary N) is 1. The fourth-order valence-corrected chi connectivity index (χ4v) is 1.08. The second-order valence-corrected chi connectivity index (χ2v) is 2.37. The molecule has 2 rings (SSSR count). The summed E-state index contributed by atoms with van der Waals surface area (Å²) >= 11 is 0. The van der Waals surface area contributed by atoms with Gasteiger partial charge in [0.05, 0.1) is 0 Å². The van der Waals surface area contributed by atoms with Crippen molar-refractivity contribution in [1.82, 2.24) is 4.98 Å². The van der Waals surface area contributed by atoms with Gasteiger partial charge in [0, 0.05) is 17.0 Å². The Hall–Kier alpha value is -1.51. The van der Waals surface area contributed by atoms with Gasteiger partial charge in [-0.05, 0) is 18.2 Å². The number of rotatable bonds is 0. The first-order chi connectivity index (χ1) is 5.27. The zero-order chi connectivity index (χ0) is 7.84. The molecule has 0 amide bonds. The molecule has 56 valence electrons. The summed E-state index contributed by atoms with van der Waals surface area (Å²) in [5.41, 5.74) is 0. The second kappa shape index (κ2) is 1.99. The van der Waals surface area contributed by atoms with Crippen LogP contribution in [0.5, 0.6) is 5.88 Å². The number of fused-ring (bicyclic) bond motifs is 1. The molecule has 0 saturated carbocycles. The SMILES string of the molecule is Oc1[nH]cc2ccc(F)cc12. The van der Waals surface area contributed by atoms with Crippen LogP contribution < -0.4 is 0 Å². The van der Waals surface area contributed by atoms with Crippen LogP contribution >= 0.6 is 0 Å². The van der Waals surface area contributed by atoms with Crippen molar-refractivity contribution in [3.63, 3.8) is 0 Å². The Morgan fingerprint density at radius 2 is 2.18 bits per heavy atom. The highest BCUT2D eigenvalue weighted by molar-refractivity contribution is 5.87. The van der Waals surface area contributed by atoms with E-state index in [1.165, 1.54) is 12.1 Å². The number of halogens is 1. The highest BCUT2D eigenvalue weighted by Crippen LogP contribution is 2.23. The molecule has 1 heterocycles. The van der Waals surface area contributed by atoms with E-state index in [0.717, 1.165) is 5.39 Å². The zero-order valence-corrected chi connectivity index (χ0v) is 5.63. The van der Waals surface area contributed by atoms with Crippen molar-refractivity contribution in [3.8, 4) is 5.88 Å². The lowest BCUT2D eigenvalue weighted by atomic mass is 10.2. The highest BCUT2D eigenvalue weighted by atomic mass is 19.1. The Morgan fingerprint density at radius 1 is 1.36 bits per heavy atom. The third-order valence-corrected chi connectivity index (χ3v) is 1.63. The predicted molar refractivity (Wildman–Crippen MR) is 39.9 cm³/mol. The van der Waals surface area contributed by atoms with Gasteiger partial charge in [-0.1, -0.05) is 0 Å². The van der Waals surface area contributed by atoms with Crippen molar-refractivity contribution in [2.24, 2.45) is 0 Å². The van der Waals surface area contributed by atoms with Crippen LogP contribution in [0.3, 0.4) is 0 Å². The minimum absolute atomic E-state index is 0.0134. The molecule has 2 nitrogen and oxygen atoms in total. The Morgan fingerprint density at radius 3 is 3.00 bits per heavy atom. The van der Waals surface area contributed by atoms with E-state index in [1.807, 2.05) is 0 Å². The first kappa shape index (κ1) is 6.22. The Kier molecular flexibility index (Phi) is 1.12. The van der Waals surface area contributed by atoms with Gasteiger partial charge in [-0.15, -0.1) is 0 Å². The van der Waals surface area contributed by atoms with Crippen molar-refractivity contribution in [3.05, 3.63) is 30.2 Å². The van der Waals surface area contributed by atoms with Crippen LogP contribution in [0.25, 0.3) is 10.8 Å². The van der Waals surface area contributed by atoms with E-state index in [2.05, 4.69) is 4.98 Å². The monoisotopic (exact) mass is 151 g/mol. The van der Waals surface area contributed by atoms with Crippen molar-refractivity contribution in [2.45, 2.75) is 0 Å². The molecule has 0 radical (unpaired) electrons. The first-order valence-corrected chi connectivity index (χ1v) is 3.23. The Bertz CT molecular complexity index is 394. The van der Waals surface area contributed by atoms with Gasteiger partial charge in [-0.25, -0.2) is 4.39 Å². The molecule has 0 atom stereocenters. The van der Waals surface area contributed by atoms with Crippen LogP contribution in [0.2, 0.25) is 0 Å². The maximum absolute atomic E-state index is 12.6. The summed E-state index contributed by atoms with van der Waals surface area (Å²) < 4.78 is 12.6. The lowest BCUT2D eigenvalue weighted by Crippen LogP contribution is -1.70. The molecule has 0 aliphatic heterocycles. The van der Waals surface area contributed by atoms with Crippen LogP contribution in [-0.4, -0.2) is 10.1 Å². The number of aromatic nitrogens is 1. The fraction of sp³-hybridized carbons (Fsp3) is 0. The lowest BCUT2D eigenvalue weighted by molar-refractivity contribution is 0.462. The van der Waals surface area contributed by atoms with Crippen LogP contribution in [0.1, 0.15) is 0 Å². The van der Waals surface area contributed by atoms with Gasteiger partial charge in [0.1, 0.15) is 5.82 Å². The van der Waals surface area contributed by atoms with E-state index in [1.54, 1.807) is 12.3 Å². The molecule has 0 aliphatic rings. The van der Waals surface area contributed by atoms with Crippen molar-refractivity contribution >= 4 is 10.8 Å². The largest absolute Gasteiger partial charge is 0.494 e. The molecule has 0 aliphatic carbocycles. The molecule has 0 fully saturated rings. The number of H-pyrrole nitrogens is 1. The molecule has 0 spiro atoms. The summed E-state index contributed by atoms with van der Waals surface area (Å²) in [7, 11) is 0. The van der Waals surface area contributed by atoms with Gasteiger partial charge in [-0.2, -0.15) is 0 Å². The Labute approximate surface area is 62.3 Å². The summed E-state index contributed by atoms with van der Waals surface area (Å²) in [5.74, 6) is -0.327. The van der Waals surface area contributed by atoms with E-state index in [4.69, 9.17) is 5.11 Å². The Balaban J connectivity index is 2.87. The van der Waals surface area contributed by atoms with Crippen molar-refractivity contribution in [2.75, 3.05) is 0 Å². The summed E-state index contributed by atoms with van der Waals surface area (Å²) in [4.78, 5) is 2.59. The third kappa shape index (κ3) is 0.852. The highest BCUT2D eigenvalue weighted by Gasteiger charge is 2.01. The number of hydrogen-bond donors (Lipinski definition) is 2. The molecular formula is C8H6FNO. The molecule has 2 N–H and O–H groups in total. The summed E-state index contributed by atoms with van der Waals surface area (Å²) in [5, 5.41) is 10.4. The normalized spacial score (nSPS) is 10.6. The van der Waals surface area contributed by atoms with E-state index >= 15 is 0 Å². The molecule has 0 saturated heterocycles. The van der Waals surface area contributed by atoms with Gasteiger partial charge in [0.2, 0.25) is 0 Å². The average Bonchev–Trinajstić information content (AvgIpc) is 2.33. The average molecular weight is 151 g/mol. The molecule has 1 aromatic heterocycles. The molecular weight excluding hydrogens is 145 g/mol.